The predicted octanol–water partition coefficient (Wildman–Crippen LogP) is 1.95. The van der Waals surface area contributed by atoms with Gasteiger partial charge < -0.3 is 5.73 Å². The van der Waals surface area contributed by atoms with E-state index in [0.717, 1.165) is 36.8 Å². The van der Waals surface area contributed by atoms with Gasteiger partial charge in [-0.2, -0.15) is 0 Å². The van der Waals surface area contributed by atoms with Crippen LogP contribution in [-0.2, 0) is 6.54 Å². The zero-order valence-corrected chi connectivity index (χ0v) is 10.8. The van der Waals surface area contributed by atoms with Crippen molar-refractivity contribution in [3.05, 3.63) is 16.1 Å². The Bertz CT molecular complexity index is 322. The molecule has 2 N–H and O–H groups in total. The number of nitrogens with zero attached hydrogens (tertiary/aromatic N) is 2. The van der Waals surface area contributed by atoms with Crippen molar-refractivity contribution in [3.8, 4) is 0 Å². The highest BCUT2D eigenvalue weighted by atomic mass is 32.1. The Balaban J connectivity index is 2.42. The fourth-order valence-corrected chi connectivity index (χ4v) is 2.19. The molecule has 0 aliphatic heterocycles. The predicted molar refractivity (Wildman–Crippen MR) is 69.2 cm³/mol. The van der Waals surface area contributed by atoms with E-state index in [9.17, 15) is 0 Å². The molecule has 0 saturated carbocycles. The van der Waals surface area contributed by atoms with Gasteiger partial charge in [-0.25, -0.2) is 4.98 Å². The second-order valence-electron chi connectivity index (χ2n) is 3.47. The molecule has 1 heterocycles. The Morgan fingerprint density at radius 2 is 2.40 bits per heavy atom. The summed E-state index contributed by atoms with van der Waals surface area (Å²) < 4.78 is 0. The van der Waals surface area contributed by atoms with Crippen molar-refractivity contribution in [2.75, 3.05) is 13.1 Å². The Kier molecular flexibility index (Phi) is 5.14. The summed E-state index contributed by atoms with van der Waals surface area (Å²) >= 11 is 6.58. The third-order valence-corrected chi connectivity index (χ3v) is 3.30. The monoisotopic (exact) mass is 243 g/mol. The summed E-state index contributed by atoms with van der Waals surface area (Å²) in [6, 6.07) is 0. The quantitative estimate of drug-likeness (QED) is 0.776. The standard InChI is InChI=1S/C10H17N3S2/c1-3-13(5-4-9(11)14)6-10-12-8(2)7-15-10/h7H,3-6H2,1-2H3,(H2,11,14). The lowest BCUT2D eigenvalue weighted by molar-refractivity contribution is 0.288. The van der Waals surface area contributed by atoms with Gasteiger partial charge in [-0.15, -0.1) is 11.3 Å². The molecule has 3 nitrogen and oxygen atoms in total. The van der Waals surface area contributed by atoms with Gasteiger partial charge in [-0.1, -0.05) is 19.1 Å². The first-order valence-electron chi connectivity index (χ1n) is 5.03. The van der Waals surface area contributed by atoms with Crippen LogP contribution in [0, 0.1) is 6.92 Å². The summed E-state index contributed by atoms with van der Waals surface area (Å²) in [5, 5.41) is 3.24. The number of aromatic nitrogens is 1. The number of hydrogen-bond acceptors (Lipinski definition) is 4. The van der Waals surface area contributed by atoms with Gasteiger partial charge in [0, 0.05) is 24.0 Å². The molecular weight excluding hydrogens is 226 g/mol. The molecule has 1 rings (SSSR count). The lowest BCUT2D eigenvalue weighted by atomic mass is 10.3. The molecule has 1 aromatic rings. The van der Waals surface area contributed by atoms with E-state index in [0.29, 0.717) is 4.99 Å². The van der Waals surface area contributed by atoms with Crippen molar-refractivity contribution in [2.24, 2.45) is 5.73 Å². The molecule has 15 heavy (non-hydrogen) atoms. The highest BCUT2D eigenvalue weighted by molar-refractivity contribution is 7.80. The summed E-state index contributed by atoms with van der Waals surface area (Å²) in [5.74, 6) is 0. The molecule has 0 radical (unpaired) electrons. The molecule has 0 unspecified atom stereocenters. The number of rotatable bonds is 6. The van der Waals surface area contributed by atoms with Gasteiger partial charge in [0.05, 0.1) is 11.5 Å². The average molecular weight is 243 g/mol. The van der Waals surface area contributed by atoms with E-state index >= 15 is 0 Å². The van der Waals surface area contributed by atoms with Crippen LogP contribution in [0.1, 0.15) is 24.0 Å². The Labute approximate surface area is 100 Å². The Morgan fingerprint density at radius 3 is 2.87 bits per heavy atom. The number of thiocarbonyl (C=S) groups is 1. The molecule has 0 aromatic carbocycles. The normalized spacial score (nSPS) is 10.9. The number of nitrogens with two attached hydrogens (primary N) is 1. The van der Waals surface area contributed by atoms with Crippen LogP contribution in [-0.4, -0.2) is 28.0 Å². The first-order chi connectivity index (χ1) is 7.11. The van der Waals surface area contributed by atoms with Crippen molar-refractivity contribution >= 4 is 28.5 Å². The molecule has 0 fully saturated rings. The van der Waals surface area contributed by atoms with E-state index < -0.39 is 0 Å². The first kappa shape index (κ1) is 12.5. The van der Waals surface area contributed by atoms with Gasteiger partial charge >= 0.3 is 0 Å². The van der Waals surface area contributed by atoms with Crippen LogP contribution in [0.25, 0.3) is 0 Å². The van der Waals surface area contributed by atoms with Crippen LogP contribution < -0.4 is 5.73 Å². The van der Waals surface area contributed by atoms with E-state index in [2.05, 4.69) is 22.2 Å². The third kappa shape index (κ3) is 4.68. The molecule has 0 spiro atoms. The summed E-state index contributed by atoms with van der Waals surface area (Å²) in [6.45, 7) is 6.98. The van der Waals surface area contributed by atoms with E-state index in [-0.39, 0.29) is 0 Å². The first-order valence-corrected chi connectivity index (χ1v) is 6.32. The highest BCUT2D eigenvalue weighted by Crippen LogP contribution is 2.11. The van der Waals surface area contributed by atoms with Crippen LogP contribution in [0.3, 0.4) is 0 Å². The molecule has 5 heteroatoms. The van der Waals surface area contributed by atoms with Gasteiger partial charge in [0.2, 0.25) is 0 Å². The van der Waals surface area contributed by atoms with Gasteiger partial charge in [0.25, 0.3) is 0 Å². The summed E-state index contributed by atoms with van der Waals surface area (Å²) in [4.78, 5) is 7.33. The van der Waals surface area contributed by atoms with Crippen LogP contribution in [0.4, 0.5) is 0 Å². The van der Waals surface area contributed by atoms with Gasteiger partial charge in [-0.3, -0.25) is 4.90 Å². The number of aryl methyl sites for hydroxylation is 1. The van der Waals surface area contributed by atoms with Crippen LogP contribution in [0.5, 0.6) is 0 Å². The molecule has 0 aliphatic carbocycles. The molecular formula is C10H17N3S2. The minimum Gasteiger partial charge on any atom is -0.393 e. The summed E-state index contributed by atoms with van der Waals surface area (Å²) in [7, 11) is 0. The fourth-order valence-electron chi connectivity index (χ4n) is 1.28. The maximum absolute atomic E-state index is 5.48. The van der Waals surface area contributed by atoms with Gasteiger partial charge in [0.1, 0.15) is 5.01 Å². The van der Waals surface area contributed by atoms with E-state index in [4.69, 9.17) is 18.0 Å². The van der Waals surface area contributed by atoms with Crippen molar-refractivity contribution in [1.29, 1.82) is 0 Å². The van der Waals surface area contributed by atoms with Crippen LogP contribution in [0.15, 0.2) is 5.38 Å². The number of hydrogen-bond donors (Lipinski definition) is 1. The molecule has 84 valence electrons. The van der Waals surface area contributed by atoms with Crippen molar-refractivity contribution in [1.82, 2.24) is 9.88 Å². The fraction of sp³-hybridized carbons (Fsp3) is 0.600. The van der Waals surface area contributed by atoms with Crippen molar-refractivity contribution in [3.63, 3.8) is 0 Å². The second-order valence-corrected chi connectivity index (χ2v) is 4.93. The van der Waals surface area contributed by atoms with E-state index in [1.54, 1.807) is 11.3 Å². The summed E-state index contributed by atoms with van der Waals surface area (Å²) in [5.41, 5.74) is 6.58. The molecule has 0 bridgehead atoms. The summed E-state index contributed by atoms with van der Waals surface area (Å²) in [6.07, 6.45) is 0.785. The SMILES string of the molecule is CCN(CCC(N)=S)Cc1nc(C)cs1. The van der Waals surface area contributed by atoms with Crippen molar-refractivity contribution < 1.29 is 0 Å². The lowest BCUT2D eigenvalue weighted by Crippen LogP contribution is -2.27. The average Bonchev–Trinajstić information content (AvgIpc) is 2.58. The molecule has 0 aliphatic rings. The molecule has 0 atom stereocenters. The maximum atomic E-state index is 5.48. The largest absolute Gasteiger partial charge is 0.393 e. The van der Waals surface area contributed by atoms with Crippen LogP contribution in [0.2, 0.25) is 0 Å². The zero-order valence-electron chi connectivity index (χ0n) is 9.19. The Morgan fingerprint density at radius 1 is 1.67 bits per heavy atom. The molecule has 0 saturated heterocycles. The second kappa shape index (κ2) is 6.15. The Hall–Kier alpha value is -0.520. The minimum absolute atomic E-state index is 0.587. The van der Waals surface area contributed by atoms with E-state index in [1.165, 1.54) is 0 Å². The zero-order chi connectivity index (χ0) is 11.3. The lowest BCUT2D eigenvalue weighted by Gasteiger charge is -2.18. The minimum atomic E-state index is 0.587. The third-order valence-electron chi connectivity index (χ3n) is 2.15. The molecule has 0 amide bonds. The number of thiazole rings is 1. The van der Waals surface area contributed by atoms with E-state index in [1.807, 2.05) is 6.92 Å². The van der Waals surface area contributed by atoms with Gasteiger partial charge in [-0.05, 0) is 13.5 Å². The van der Waals surface area contributed by atoms with Gasteiger partial charge in [0.15, 0.2) is 0 Å². The highest BCUT2D eigenvalue weighted by Gasteiger charge is 2.06. The maximum Gasteiger partial charge on any atom is 0.107 e. The van der Waals surface area contributed by atoms with Crippen LogP contribution >= 0.6 is 23.6 Å². The molecule has 1 aromatic heterocycles. The smallest absolute Gasteiger partial charge is 0.107 e. The topological polar surface area (TPSA) is 42.1 Å². The van der Waals surface area contributed by atoms with Crippen molar-refractivity contribution in [2.45, 2.75) is 26.8 Å².